The van der Waals surface area contributed by atoms with Crippen LogP contribution in [0.4, 0.5) is 10.2 Å². The largest absolute Gasteiger partial charge is 0.383 e. The summed E-state index contributed by atoms with van der Waals surface area (Å²) in [5.41, 5.74) is 5.78. The summed E-state index contributed by atoms with van der Waals surface area (Å²) in [5.74, 6) is 2.17. The van der Waals surface area contributed by atoms with Gasteiger partial charge in [0.25, 0.3) is 5.91 Å². The Morgan fingerprint density at radius 3 is 2.74 bits per heavy atom. The smallest absolute Gasteiger partial charge is 0.255 e. The standard InChI is InChI=1S/C14H16FN3O/c15-8-4-9(13(16)17-5-8)14(19)18-12-10-6-1-2-7(3-6)11(10)12/h4-7,10-12H,1-3H2,(H2,16,17)(H,18,19). The first-order chi connectivity index (χ1) is 9.15. The maximum Gasteiger partial charge on any atom is 0.255 e. The minimum atomic E-state index is -0.532. The average molecular weight is 261 g/mol. The van der Waals surface area contributed by atoms with Crippen molar-refractivity contribution in [2.24, 2.45) is 23.7 Å². The molecule has 19 heavy (non-hydrogen) atoms. The Labute approximate surface area is 110 Å². The van der Waals surface area contributed by atoms with Crippen molar-refractivity contribution in [3.8, 4) is 0 Å². The van der Waals surface area contributed by atoms with E-state index < -0.39 is 5.82 Å². The van der Waals surface area contributed by atoms with E-state index in [-0.39, 0.29) is 23.3 Å². The lowest BCUT2D eigenvalue weighted by atomic mass is 10.0. The van der Waals surface area contributed by atoms with Gasteiger partial charge in [0.15, 0.2) is 0 Å². The number of nitrogen functional groups attached to an aromatic ring is 1. The van der Waals surface area contributed by atoms with Crippen molar-refractivity contribution in [3.63, 3.8) is 0 Å². The quantitative estimate of drug-likeness (QED) is 0.849. The zero-order valence-electron chi connectivity index (χ0n) is 10.5. The number of rotatable bonds is 2. The number of fused-ring (bicyclic) bond motifs is 5. The molecule has 1 aromatic rings. The number of hydrogen-bond acceptors (Lipinski definition) is 3. The fourth-order valence-corrected chi connectivity index (χ4v) is 4.38. The van der Waals surface area contributed by atoms with Crippen molar-refractivity contribution in [2.45, 2.75) is 25.3 Å². The first kappa shape index (κ1) is 11.2. The lowest BCUT2D eigenvalue weighted by Crippen LogP contribution is -2.30. The molecule has 4 atom stereocenters. The maximum atomic E-state index is 13.1. The predicted molar refractivity (Wildman–Crippen MR) is 67.7 cm³/mol. The number of pyridine rings is 1. The van der Waals surface area contributed by atoms with E-state index in [1.807, 2.05) is 0 Å². The molecule has 4 nitrogen and oxygen atoms in total. The summed E-state index contributed by atoms with van der Waals surface area (Å²) < 4.78 is 13.1. The van der Waals surface area contributed by atoms with Crippen molar-refractivity contribution < 1.29 is 9.18 Å². The number of carbonyl (C=O) groups is 1. The third-order valence-electron chi connectivity index (χ3n) is 5.16. The second kappa shape index (κ2) is 3.68. The molecule has 0 spiro atoms. The van der Waals surface area contributed by atoms with E-state index in [0.29, 0.717) is 11.8 Å². The van der Waals surface area contributed by atoms with Crippen LogP contribution in [0.5, 0.6) is 0 Å². The molecule has 1 amide bonds. The molecule has 2 bridgehead atoms. The number of carbonyl (C=O) groups excluding carboxylic acids is 1. The van der Waals surface area contributed by atoms with Crippen LogP contribution in [0.3, 0.4) is 0 Å². The first-order valence-corrected chi connectivity index (χ1v) is 6.87. The van der Waals surface area contributed by atoms with Crippen LogP contribution in [0.2, 0.25) is 0 Å². The zero-order valence-corrected chi connectivity index (χ0v) is 10.5. The first-order valence-electron chi connectivity index (χ1n) is 6.87. The normalized spacial score (nSPS) is 38.1. The van der Waals surface area contributed by atoms with Crippen LogP contribution in [-0.2, 0) is 0 Å². The van der Waals surface area contributed by atoms with Crippen LogP contribution in [0.15, 0.2) is 12.3 Å². The topological polar surface area (TPSA) is 68.0 Å². The van der Waals surface area contributed by atoms with Gasteiger partial charge in [-0.1, -0.05) is 0 Å². The Morgan fingerprint density at radius 1 is 1.37 bits per heavy atom. The third-order valence-corrected chi connectivity index (χ3v) is 5.16. The highest BCUT2D eigenvalue weighted by molar-refractivity contribution is 5.98. The molecular weight excluding hydrogens is 245 g/mol. The van der Waals surface area contributed by atoms with Crippen LogP contribution in [-0.4, -0.2) is 16.9 Å². The van der Waals surface area contributed by atoms with Gasteiger partial charge < -0.3 is 11.1 Å². The van der Waals surface area contributed by atoms with Gasteiger partial charge in [0.05, 0.1) is 11.8 Å². The van der Waals surface area contributed by atoms with Gasteiger partial charge in [-0.3, -0.25) is 4.79 Å². The van der Waals surface area contributed by atoms with E-state index in [0.717, 1.165) is 24.1 Å². The number of halogens is 1. The number of nitrogens with zero attached hydrogens (tertiary/aromatic N) is 1. The van der Waals surface area contributed by atoms with Crippen LogP contribution in [0.1, 0.15) is 29.6 Å². The molecule has 0 aliphatic heterocycles. The fourth-order valence-electron chi connectivity index (χ4n) is 4.38. The highest BCUT2D eigenvalue weighted by Crippen LogP contribution is 2.65. The molecule has 3 N–H and O–H groups in total. The lowest BCUT2D eigenvalue weighted by molar-refractivity contribution is 0.0944. The Morgan fingerprint density at radius 2 is 2.05 bits per heavy atom. The van der Waals surface area contributed by atoms with Crippen LogP contribution < -0.4 is 11.1 Å². The number of hydrogen-bond donors (Lipinski definition) is 2. The van der Waals surface area contributed by atoms with E-state index in [2.05, 4.69) is 10.3 Å². The molecular formula is C14H16FN3O. The van der Waals surface area contributed by atoms with Gasteiger partial charge in [-0.15, -0.1) is 0 Å². The number of amides is 1. The van der Waals surface area contributed by atoms with E-state index in [4.69, 9.17) is 5.73 Å². The molecule has 100 valence electrons. The second-order valence-electron chi connectivity index (χ2n) is 6.07. The van der Waals surface area contributed by atoms with Gasteiger partial charge in [0, 0.05) is 6.04 Å². The van der Waals surface area contributed by atoms with Gasteiger partial charge in [0.1, 0.15) is 11.6 Å². The maximum absolute atomic E-state index is 13.1. The molecule has 3 aliphatic rings. The molecule has 4 unspecified atom stereocenters. The highest BCUT2D eigenvalue weighted by Gasteiger charge is 2.65. The monoisotopic (exact) mass is 261 g/mol. The third kappa shape index (κ3) is 1.57. The van der Waals surface area contributed by atoms with Crippen molar-refractivity contribution in [1.29, 1.82) is 0 Å². The lowest BCUT2D eigenvalue weighted by Gasteiger charge is -2.11. The van der Waals surface area contributed by atoms with E-state index >= 15 is 0 Å². The zero-order chi connectivity index (χ0) is 13.1. The summed E-state index contributed by atoms with van der Waals surface area (Å²) in [7, 11) is 0. The number of anilines is 1. The summed E-state index contributed by atoms with van der Waals surface area (Å²) in [4.78, 5) is 15.8. The van der Waals surface area contributed by atoms with Crippen LogP contribution in [0.25, 0.3) is 0 Å². The Hall–Kier alpha value is -1.65. The van der Waals surface area contributed by atoms with Crippen molar-refractivity contribution in [2.75, 3.05) is 5.73 Å². The van der Waals surface area contributed by atoms with Crippen LogP contribution >= 0.6 is 0 Å². The summed E-state index contributed by atoms with van der Waals surface area (Å²) in [6.45, 7) is 0. The van der Waals surface area contributed by atoms with Crippen molar-refractivity contribution in [1.82, 2.24) is 10.3 Å². The molecule has 3 fully saturated rings. The van der Waals surface area contributed by atoms with Crippen LogP contribution in [0, 0.1) is 29.5 Å². The van der Waals surface area contributed by atoms with Gasteiger partial charge in [0.2, 0.25) is 0 Å². The van der Waals surface area contributed by atoms with Gasteiger partial charge in [-0.2, -0.15) is 0 Å². The molecule has 1 heterocycles. The molecule has 3 aliphatic carbocycles. The summed E-state index contributed by atoms with van der Waals surface area (Å²) in [6.07, 6.45) is 4.98. The van der Waals surface area contributed by atoms with E-state index in [9.17, 15) is 9.18 Å². The summed E-state index contributed by atoms with van der Waals surface area (Å²) >= 11 is 0. The average Bonchev–Trinajstić information content (AvgIpc) is 2.80. The number of aromatic nitrogens is 1. The minimum absolute atomic E-state index is 0.0904. The van der Waals surface area contributed by atoms with Gasteiger partial charge in [-0.05, 0) is 49.0 Å². The summed E-state index contributed by atoms with van der Waals surface area (Å²) in [5, 5.41) is 3.02. The minimum Gasteiger partial charge on any atom is -0.383 e. The molecule has 5 heteroatoms. The van der Waals surface area contributed by atoms with Crippen molar-refractivity contribution in [3.05, 3.63) is 23.6 Å². The summed E-state index contributed by atoms with van der Waals surface area (Å²) in [6, 6.07) is 1.44. The molecule has 1 aromatic heterocycles. The van der Waals surface area contributed by atoms with Gasteiger partial charge >= 0.3 is 0 Å². The fraction of sp³-hybridized carbons (Fsp3) is 0.571. The van der Waals surface area contributed by atoms with Gasteiger partial charge in [-0.25, -0.2) is 9.37 Å². The highest BCUT2D eigenvalue weighted by atomic mass is 19.1. The van der Waals surface area contributed by atoms with E-state index in [1.165, 1.54) is 19.3 Å². The number of nitrogens with one attached hydrogen (secondary N) is 1. The SMILES string of the molecule is Nc1ncc(F)cc1C(=O)NC1C2C3CCC(C3)C12. The van der Waals surface area contributed by atoms with Crippen molar-refractivity contribution >= 4 is 11.7 Å². The molecule has 0 aromatic carbocycles. The Bertz CT molecular complexity index is 546. The molecule has 4 rings (SSSR count). The molecule has 0 saturated heterocycles. The van der Waals surface area contributed by atoms with E-state index in [1.54, 1.807) is 0 Å². The molecule has 3 saturated carbocycles. The molecule has 0 radical (unpaired) electrons. The predicted octanol–water partition coefficient (Wildman–Crippen LogP) is 1.58. The second-order valence-corrected chi connectivity index (χ2v) is 6.07. The Kier molecular flexibility index (Phi) is 2.17. The Balaban J connectivity index is 1.50. The number of nitrogens with two attached hydrogens (primary N) is 1.